The van der Waals surface area contributed by atoms with Gasteiger partial charge in [0.2, 0.25) is 0 Å². The Morgan fingerprint density at radius 2 is 2.00 bits per heavy atom. The summed E-state index contributed by atoms with van der Waals surface area (Å²) in [6.45, 7) is 0. The number of aliphatic hydroxyl groups is 1. The molecule has 0 fully saturated rings. The van der Waals surface area contributed by atoms with Gasteiger partial charge in [-0.3, -0.25) is 0 Å². The fraction of sp³-hybridized carbons (Fsp3) is 0.143. The largest absolute Gasteiger partial charge is 0.494 e. The summed E-state index contributed by atoms with van der Waals surface area (Å²) in [7, 11) is 1.39. The van der Waals surface area contributed by atoms with Crippen molar-refractivity contribution in [2.24, 2.45) is 0 Å². The van der Waals surface area contributed by atoms with Gasteiger partial charge >= 0.3 is 0 Å². The molecule has 2 aromatic rings. The summed E-state index contributed by atoms with van der Waals surface area (Å²) in [5, 5.41) is 10.7. The van der Waals surface area contributed by atoms with E-state index in [1.54, 1.807) is 24.3 Å². The Bertz CT molecular complexity index is 604. The molecule has 2 rings (SSSR count). The van der Waals surface area contributed by atoms with Crippen molar-refractivity contribution in [3.8, 4) is 5.75 Å². The molecule has 2 nitrogen and oxygen atoms in total. The first-order valence-electron chi connectivity index (χ1n) is 5.49. The Labute approximate surface area is 123 Å². The lowest BCUT2D eigenvalue weighted by Crippen LogP contribution is -2.02. The molecule has 0 aliphatic heterocycles. The third-order valence-electron chi connectivity index (χ3n) is 2.74. The fourth-order valence-electron chi connectivity index (χ4n) is 1.76. The third-order valence-corrected chi connectivity index (χ3v) is 3.58. The Morgan fingerprint density at radius 3 is 2.63 bits per heavy atom. The van der Waals surface area contributed by atoms with E-state index in [1.807, 2.05) is 0 Å². The number of aliphatic hydroxyl groups excluding tert-OH is 1. The van der Waals surface area contributed by atoms with Crippen molar-refractivity contribution in [2.75, 3.05) is 7.11 Å². The first-order valence-corrected chi connectivity index (χ1v) is 6.66. The summed E-state index contributed by atoms with van der Waals surface area (Å²) in [6, 6.07) is 9.46. The summed E-state index contributed by atoms with van der Waals surface area (Å²) in [6.07, 6.45) is -0.995. The Hall–Kier alpha value is -1.10. The second kappa shape index (κ2) is 5.90. The second-order valence-electron chi connectivity index (χ2n) is 3.96. The maximum absolute atomic E-state index is 13.6. The first kappa shape index (κ1) is 14.3. The highest BCUT2D eigenvalue weighted by molar-refractivity contribution is 9.10. The van der Waals surface area contributed by atoms with Crippen LogP contribution in [0.1, 0.15) is 17.2 Å². The number of rotatable bonds is 3. The number of benzene rings is 2. The van der Waals surface area contributed by atoms with Crippen molar-refractivity contribution in [3.05, 3.63) is 62.8 Å². The van der Waals surface area contributed by atoms with E-state index in [0.717, 1.165) is 4.47 Å². The van der Waals surface area contributed by atoms with E-state index < -0.39 is 11.9 Å². The van der Waals surface area contributed by atoms with Crippen LogP contribution in [0.5, 0.6) is 5.75 Å². The maximum atomic E-state index is 13.6. The number of methoxy groups -OCH3 is 1. The minimum absolute atomic E-state index is 0.135. The van der Waals surface area contributed by atoms with Crippen molar-refractivity contribution in [1.29, 1.82) is 0 Å². The zero-order valence-electron chi connectivity index (χ0n) is 10.0. The van der Waals surface area contributed by atoms with Crippen LogP contribution in [0.4, 0.5) is 4.39 Å². The summed E-state index contributed by atoms with van der Waals surface area (Å²) in [5.41, 5.74) is 0.930. The van der Waals surface area contributed by atoms with Gasteiger partial charge < -0.3 is 9.84 Å². The quantitative estimate of drug-likeness (QED) is 0.897. The van der Waals surface area contributed by atoms with Gasteiger partial charge in [0.1, 0.15) is 6.10 Å². The second-order valence-corrected chi connectivity index (χ2v) is 5.29. The molecule has 19 heavy (non-hydrogen) atoms. The summed E-state index contributed by atoms with van der Waals surface area (Å²) in [4.78, 5) is 0. The lowest BCUT2D eigenvalue weighted by molar-refractivity contribution is 0.219. The van der Waals surface area contributed by atoms with E-state index >= 15 is 0 Å². The SMILES string of the molecule is COc1ccc(C(O)c2cc(Br)ccc2Cl)cc1F. The molecular formula is C14H11BrClFO2. The minimum atomic E-state index is -0.995. The smallest absolute Gasteiger partial charge is 0.165 e. The molecule has 2 aromatic carbocycles. The highest BCUT2D eigenvalue weighted by atomic mass is 79.9. The molecule has 5 heteroatoms. The van der Waals surface area contributed by atoms with Gasteiger partial charge in [-0.05, 0) is 35.9 Å². The third kappa shape index (κ3) is 3.08. The average molecular weight is 346 g/mol. The Kier molecular flexibility index (Phi) is 4.45. The summed E-state index contributed by atoms with van der Waals surface area (Å²) in [5.74, 6) is -0.388. The van der Waals surface area contributed by atoms with E-state index in [1.165, 1.54) is 19.2 Å². The van der Waals surface area contributed by atoms with E-state index in [0.29, 0.717) is 16.1 Å². The van der Waals surface area contributed by atoms with Crippen LogP contribution in [0.3, 0.4) is 0 Å². The molecule has 0 aliphatic rings. The van der Waals surface area contributed by atoms with Crippen molar-refractivity contribution < 1.29 is 14.2 Å². The van der Waals surface area contributed by atoms with Gasteiger partial charge in [-0.2, -0.15) is 0 Å². The van der Waals surface area contributed by atoms with Crippen molar-refractivity contribution in [2.45, 2.75) is 6.10 Å². The number of hydrogen-bond donors (Lipinski definition) is 1. The van der Waals surface area contributed by atoms with Crippen LogP contribution < -0.4 is 4.74 Å². The summed E-state index contributed by atoms with van der Waals surface area (Å²) < 4.78 is 19.3. The highest BCUT2D eigenvalue weighted by Crippen LogP contribution is 2.32. The van der Waals surface area contributed by atoms with Crippen LogP contribution in [0.15, 0.2) is 40.9 Å². The van der Waals surface area contributed by atoms with E-state index in [2.05, 4.69) is 15.9 Å². The molecule has 0 heterocycles. The zero-order valence-corrected chi connectivity index (χ0v) is 12.4. The molecule has 1 unspecified atom stereocenters. The summed E-state index contributed by atoms with van der Waals surface area (Å²) >= 11 is 9.35. The molecule has 0 bridgehead atoms. The van der Waals surface area contributed by atoms with Gasteiger partial charge in [0.15, 0.2) is 11.6 Å². The number of ether oxygens (including phenoxy) is 1. The molecule has 0 amide bonds. The van der Waals surface area contributed by atoms with Crippen LogP contribution in [0.2, 0.25) is 5.02 Å². The monoisotopic (exact) mass is 344 g/mol. The maximum Gasteiger partial charge on any atom is 0.165 e. The molecule has 0 radical (unpaired) electrons. The Balaban J connectivity index is 2.41. The molecule has 0 saturated heterocycles. The predicted molar refractivity (Wildman–Crippen MR) is 76.2 cm³/mol. The van der Waals surface area contributed by atoms with E-state index in [9.17, 15) is 9.50 Å². The number of halogens is 3. The molecule has 0 aliphatic carbocycles. The van der Waals surface area contributed by atoms with Gasteiger partial charge in [0.25, 0.3) is 0 Å². The van der Waals surface area contributed by atoms with Crippen LogP contribution >= 0.6 is 27.5 Å². The van der Waals surface area contributed by atoms with Gasteiger partial charge in [-0.15, -0.1) is 0 Å². The van der Waals surface area contributed by atoms with Crippen molar-refractivity contribution in [3.63, 3.8) is 0 Å². The van der Waals surface area contributed by atoms with Gasteiger partial charge in [-0.25, -0.2) is 4.39 Å². The zero-order chi connectivity index (χ0) is 14.0. The molecule has 100 valence electrons. The van der Waals surface area contributed by atoms with Gasteiger partial charge in [0.05, 0.1) is 7.11 Å². The number of hydrogen-bond acceptors (Lipinski definition) is 2. The molecule has 1 atom stereocenters. The highest BCUT2D eigenvalue weighted by Gasteiger charge is 2.16. The normalized spacial score (nSPS) is 12.3. The van der Waals surface area contributed by atoms with Crippen molar-refractivity contribution in [1.82, 2.24) is 0 Å². The minimum Gasteiger partial charge on any atom is -0.494 e. The predicted octanol–water partition coefficient (Wildman–Crippen LogP) is 4.33. The Morgan fingerprint density at radius 1 is 1.26 bits per heavy atom. The fourth-order valence-corrected chi connectivity index (χ4v) is 2.36. The standard InChI is InChI=1S/C14H11BrClFO2/c1-19-13-5-2-8(6-12(13)17)14(18)10-7-9(15)3-4-11(10)16/h2-7,14,18H,1H3. The van der Waals surface area contributed by atoms with Crippen LogP contribution in [-0.4, -0.2) is 12.2 Å². The van der Waals surface area contributed by atoms with Crippen LogP contribution in [0.25, 0.3) is 0 Å². The molecule has 0 saturated carbocycles. The molecule has 1 N–H and O–H groups in total. The topological polar surface area (TPSA) is 29.5 Å². The van der Waals surface area contributed by atoms with Gasteiger partial charge in [0, 0.05) is 15.1 Å². The van der Waals surface area contributed by atoms with Crippen molar-refractivity contribution >= 4 is 27.5 Å². The van der Waals surface area contributed by atoms with Crippen LogP contribution in [-0.2, 0) is 0 Å². The molecule has 0 aromatic heterocycles. The molecule has 0 spiro atoms. The van der Waals surface area contributed by atoms with Gasteiger partial charge in [-0.1, -0.05) is 33.6 Å². The lowest BCUT2D eigenvalue weighted by Gasteiger charge is -2.14. The first-order chi connectivity index (χ1) is 9.02. The van der Waals surface area contributed by atoms with E-state index in [-0.39, 0.29) is 5.75 Å². The average Bonchev–Trinajstić information content (AvgIpc) is 2.40. The lowest BCUT2D eigenvalue weighted by atomic mass is 10.0. The molecular weight excluding hydrogens is 335 g/mol. The van der Waals surface area contributed by atoms with Crippen LogP contribution in [0, 0.1) is 5.82 Å². The van der Waals surface area contributed by atoms with E-state index in [4.69, 9.17) is 16.3 Å².